The second-order valence-electron chi connectivity index (χ2n) is 2.40. The van der Waals surface area contributed by atoms with Gasteiger partial charge in [-0.3, -0.25) is 0 Å². The fourth-order valence-corrected chi connectivity index (χ4v) is 0.552. The van der Waals surface area contributed by atoms with Gasteiger partial charge in [-0.25, -0.2) is 0 Å². The van der Waals surface area contributed by atoms with Gasteiger partial charge >= 0.3 is 51.4 Å². The zero-order chi connectivity index (χ0) is 8.43. The van der Waals surface area contributed by atoms with E-state index in [1.165, 1.54) is 0 Å². The van der Waals surface area contributed by atoms with E-state index in [4.69, 9.17) is 0 Å². The number of nitrogens with zero attached hydrogens (tertiary/aromatic N) is 2. The molecule has 0 unspecified atom stereocenters. The summed E-state index contributed by atoms with van der Waals surface area (Å²) in [4.78, 5) is 13.7. The average molecular weight is 194 g/mol. The molecular weight excluding hydrogens is 187 g/mol. The van der Waals surface area contributed by atoms with Gasteiger partial charge in [0, 0.05) is 5.92 Å². The first-order chi connectivity index (χ1) is 5.11. The average Bonchev–Trinajstić information content (AvgIpc) is 2.33. The molecule has 0 spiro atoms. The summed E-state index contributed by atoms with van der Waals surface area (Å²) in [5, 5.41) is 13.6. The van der Waals surface area contributed by atoms with E-state index < -0.39 is 11.9 Å². The van der Waals surface area contributed by atoms with Gasteiger partial charge < -0.3 is 14.4 Å². The van der Waals surface area contributed by atoms with Crippen molar-refractivity contribution in [3.05, 3.63) is 11.7 Å². The first-order valence-electron chi connectivity index (χ1n) is 3.16. The van der Waals surface area contributed by atoms with E-state index >= 15 is 0 Å². The van der Waals surface area contributed by atoms with Gasteiger partial charge in [-0.15, -0.1) is 0 Å². The Morgan fingerprint density at radius 1 is 1.58 bits per heavy atom. The molecule has 1 heterocycles. The van der Waals surface area contributed by atoms with Crippen LogP contribution in [-0.2, 0) is 0 Å². The number of rotatable bonds is 2. The molecule has 0 aliphatic rings. The second-order valence-corrected chi connectivity index (χ2v) is 2.40. The summed E-state index contributed by atoms with van der Waals surface area (Å²) in [7, 11) is 0. The third-order valence-corrected chi connectivity index (χ3v) is 1.13. The summed E-state index contributed by atoms with van der Waals surface area (Å²) in [6.07, 6.45) is 0. The van der Waals surface area contributed by atoms with Crippen LogP contribution < -0.4 is 56.5 Å². The summed E-state index contributed by atoms with van der Waals surface area (Å²) in [6.45, 7) is 3.67. The zero-order valence-electron chi connectivity index (χ0n) is 7.20. The van der Waals surface area contributed by atoms with Crippen LogP contribution in [0.15, 0.2) is 4.52 Å². The van der Waals surface area contributed by atoms with Crippen molar-refractivity contribution in [2.24, 2.45) is 0 Å². The van der Waals surface area contributed by atoms with Crippen molar-refractivity contribution >= 4 is 5.97 Å². The Labute approximate surface area is 112 Å². The van der Waals surface area contributed by atoms with E-state index in [2.05, 4.69) is 14.7 Å². The Kier molecular flexibility index (Phi) is 5.18. The normalized spacial score (nSPS) is 9.58. The van der Waals surface area contributed by atoms with Gasteiger partial charge in [0.05, 0.1) is 0 Å². The number of aromatic carboxylic acids is 1. The maximum Gasteiger partial charge on any atom is 1.00 e. The molecule has 5 nitrogen and oxygen atoms in total. The first-order valence-corrected chi connectivity index (χ1v) is 3.16. The van der Waals surface area contributed by atoms with Crippen molar-refractivity contribution in [3.63, 3.8) is 0 Å². The first kappa shape index (κ1) is 12.2. The largest absolute Gasteiger partial charge is 1.00 e. The molecule has 0 fully saturated rings. The van der Waals surface area contributed by atoms with Crippen LogP contribution in [0.5, 0.6) is 0 Å². The van der Waals surface area contributed by atoms with Crippen LogP contribution in [0.3, 0.4) is 0 Å². The minimum Gasteiger partial charge on any atom is -0.540 e. The SMILES string of the molecule is CC(C)c1noc(C(=O)[O-])n1.[K+]. The summed E-state index contributed by atoms with van der Waals surface area (Å²) in [6, 6.07) is 0. The maximum absolute atomic E-state index is 10.1. The van der Waals surface area contributed by atoms with E-state index in [0.29, 0.717) is 5.82 Å². The molecule has 0 bridgehead atoms. The monoisotopic (exact) mass is 194 g/mol. The molecule has 0 N–H and O–H groups in total. The van der Waals surface area contributed by atoms with Crippen LogP contribution in [0.25, 0.3) is 0 Å². The minimum atomic E-state index is -1.44. The number of carboxylic acids is 1. The third-order valence-electron chi connectivity index (χ3n) is 1.13. The second kappa shape index (κ2) is 5.08. The van der Waals surface area contributed by atoms with Gasteiger partial charge in [-0.2, -0.15) is 4.98 Å². The summed E-state index contributed by atoms with van der Waals surface area (Å²) in [5.41, 5.74) is 0. The minimum absolute atomic E-state index is 0. The van der Waals surface area contributed by atoms with Gasteiger partial charge in [-0.1, -0.05) is 19.0 Å². The predicted molar refractivity (Wildman–Crippen MR) is 32.7 cm³/mol. The third kappa shape index (κ3) is 2.95. The van der Waals surface area contributed by atoms with Gasteiger partial charge in [0.25, 0.3) is 5.89 Å². The molecule has 0 aromatic carbocycles. The van der Waals surface area contributed by atoms with E-state index in [9.17, 15) is 9.90 Å². The molecule has 0 aliphatic carbocycles. The molecule has 0 aliphatic heterocycles. The molecule has 1 aromatic rings. The molecular formula is C6H7KN2O3. The maximum atomic E-state index is 10.1. The standard InChI is InChI=1S/C6H8N2O3.K/c1-3(2)4-7-5(6(9)10)11-8-4;/h3H,1-2H3,(H,9,10);/q;+1/p-1. The number of aromatic nitrogens is 2. The Morgan fingerprint density at radius 3 is 2.42 bits per heavy atom. The number of hydrogen-bond donors (Lipinski definition) is 0. The Hall–Kier alpha value is 0.246. The molecule has 0 radical (unpaired) electrons. The molecule has 60 valence electrons. The molecule has 0 amide bonds. The number of carboxylic acid groups (broad SMARTS) is 1. The molecule has 0 atom stereocenters. The van der Waals surface area contributed by atoms with Gasteiger partial charge in [-0.05, 0) is 0 Å². The molecule has 0 saturated heterocycles. The van der Waals surface area contributed by atoms with Crippen LogP contribution in [0, 0.1) is 0 Å². The van der Waals surface area contributed by atoms with Crippen molar-refractivity contribution in [1.29, 1.82) is 0 Å². The number of carbonyl (C=O) groups excluding carboxylic acids is 1. The Bertz CT molecular complexity index is 272. The molecule has 12 heavy (non-hydrogen) atoms. The molecule has 1 rings (SSSR count). The number of carbonyl (C=O) groups is 1. The van der Waals surface area contributed by atoms with E-state index in [0.717, 1.165) is 0 Å². The topological polar surface area (TPSA) is 79.0 Å². The summed E-state index contributed by atoms with van der Waals surface area (Å²) >= 11 is 0. The van der Waals surface area contributed by atoms with Crippen LogP contribution in [0.4, 0.5) is 0 Å². The number of hydrogen-bond acceptors (Lipinski definition) is 5. The molecule has 6 heteroatoms. The van der Waals surface area contributed by atoms with Gasteiger partial charge in [0.15, 0.2) is 5.82 Å². The van der Waals surface area contributed by atoms with E-state index in [1.54, 1.807) is 0 Å². The Balaban J connectivity index is 0.00000121. The van der Waals surface area contributed by atoms with Crippen LogP contribution >= 0.6 is 0 Å². The van der Waals surface area contributed by atoms with E-state index in [1.807, 2.05) is 13.8 Å². The zero-order valence-corrected chi connectivity index (χ0v) is 10.3. The quantitative estimate of drug-likeness (QED) is 0.458. The van der Waals surface area contributed by atoms with Gasteiger partial charge in [0.1, 0.15) is 5.97 Å². The molecule has 0 saturated carbocycles. The summed E-state index contributed by atoms with van der Waals surface area (Å²) in [5.74, 6) is -1.46. The van der Waals surface area contributed by atoms with E-state index in [-0.39, 0.29) is 57.3 Å². The van der Waals surface area contributed by atoms with Gasteiger partial charge in [0.2, 0.25) is 0 Å². The van der Waals surface area contributed by atoms with Crippen molar-refractivity contribution in [2.75, 3.05) is 0 Å². The predicted octanol–water partition coefficient (Wildman–Crippen LogP) is -3.44. The van der Waals surface area contributed by atoms with Crippen LogP contribution in [0.1, 0.15) is 36.3 Å². The summed E-state index contributed by atoms with van der Waals surface area (Å²) < 4.78 is 4.36. The van der Waals surface area contributed by atoms with Crippen LogP contribution in [-0.4, -0.2) is 16.1 Å². The van der Waals surface area contributed by atoms with Crippen LogP contribution in [0.2, 0.25) is 0 Å². The van der Waals surface area contributed by atoms with Crippen molar-refractivity contribution in [1.82, 2.24) is 10.1 Å². The Morgan fingerprint density at radius 2 is 2.17 bits per heavy atom. The molecule has 1 aromatic heterocycles. The van der Waals surface area contributed by atoms with Crippen molar-refractivity contribution in [3.8, 4) is 0 Å². The fraction of sp³-hybridized carbons (Fsp3) is 0.500. The smallest absolute Gasteiger partial charge is 0.540 e. The van der Waals surface area contributed by atoms with Crippen molar-refractivity contribution < 1.29 is 65.8 Å². The van der Waals surface area contributed by atoms with Crippen molar-refractivity contribution in [2.45, 2.75) is 19.8 Å². The fourth-order valence-electron chi connectivity index (χ4n) is 0.552.